The van der Waals surface area contributed by atoms with Crippen molar-refractivity contribution in [2.45, 2.75) is 6.54 Å². The molecule has 2 rings (SSSR count). The maximum absolute atomic E-state index is 13.6. The first kappa shape index (κ1) is 14.2. The predicted molar refractivity (Wildman–Crippen MR) is 69.2 cm³/mol. The Morgan fingerprint density at radius 2 is 1.85 bits per heavy atom. The lowest BCUT2D eigenvalue weighted by atomic mass is 10.2. The lowest BCUT2D eigenvalue weighted by molar-refractivity contribution is 0.409. The van der Waals surface area contributed by atoms with Crippen LogP contribution in [0, 0.1) is 17.6 Å². The highest BCUT2D eigenvalue weighted by Gasteiger charge is 2.16. The predicted octanol–water partition coefficient (Wildman–Crippen LogP) is 3.14. The normalized spacial score (nSPS) is 10.4. The van der Waals surface area contributed by atoms with Gasteiger partial charge < -0.3 is 9.64 Å². The van der Waals surface area contributed by atoms with Crippen LogP contribution >= 0.6 is 0 Å². The summed E-state index contributed by atoms with van der Waals surface area (Å²) in [6.07, 6.45) is 0. The Morgan fingerprint density at radius 3 is 2.55 bits per heavy atom. The molecule has 0 fully saturated rings. The smallest absolute Gasteiger partial charge is 0.251 e. The number of ether oxygens (including phenoxy) is 1. The van der Waals surface area contributed by atoms with E-state index in [1.165, 1.54) is 19.1 Å². The fourth-order valence-corrected chi connectivity index (χ4v) is 1.87. The fourth-order valence-electron chi connectivity index (χ4n) is 1.87. The quantitative estimate of drug-likeness (QED) is 0.806. The highest BCUT2D eigenvalue weighted by atomic mass is 19.2. The zero-order chi connectivity index (χ0) is 14.7. The number of halogens is 3. The Morgan fingerprint density at radius 1 is 1.15 bits per heavy atom. The number of rotatable bonds is 4. The summed E-state index contributed by atoms with van der Waals surface area (Å²) in [6, 6.07) is 7.65. The van der Waals surface area contributed by atoms with Crippen molar-refractivity contribution < 1.29 is 17.9 Å². The van der Waals surface area contributed by atoms with Crippen molar-refractivity contribution in [3.8, 4) is 5.75 Å². The minimum absolute atomic E-state index is 0.249. The second-order valence-corrected chi connectivity index (χ2v) is 4.23. The molecule has 0 aliphatic rings. The molecule has 20 heavy (non-hydrogen) atoms. The van der Waals surface area contributed by atoms with Gasteiger partial charge in [-0.05, 0) is 6.07 Å². The highest BCUT2D eigenvalue weighted by molar-refractivity contribution is 5.43. The molecule has 0 saturated heterocycles. The van der Waals surface area contributed by atoms with Gasteiger partial charge in [0.1, 0.15) is 5.75 Å². The molecule has 0 aliphatic carbocycles. The summed E-state index contributed by atoms with van der Waals surface area (Å²) in [5.41, 5.74) is 0.781. The van der Waals surface area contributed by atoms with Crippen LogP contribution in [-0.2, 0) is 6.54 Å². The van der Waals surface area contributed by atoms with Crippen molar-refractivity contribution in [1.29, 1.82) is 0 Å². The van der Waals surface area contributed by atoms with E-state index in [4.69, 9.17) is 4.74 Å². The zero-order valence-electron chi connectivity index (χ0n) is 11.0. The van der Waals surface area contributed by atoms with Crippen molar-refractivity contribution in [2.75, 3.05) is 19.1 Å². The zero-order valence-corrected chi connectivity index (χ0v) is 11.0. The Kier molecular flexibility index (Phi) is 4.12. The molecular weight excluding hydrogens is 269 g/mol. The molecule has 1 aromatic heterocycles. The molecule has 0 spiro atoms. The van der Waals surface area contributed by atoms with Gasteiger partial charge in [0.2, 0.25) is 0 Å². The summed E-state index contributed by atoms with van der Waals surface area (Å²) in [4.78, 5) is 4.68. The number of hydrogen-bond donors (Lipinski definition) is 0. The van der Waals surface area contributed by atoms with Gasteiger partial charge in [-0.25, -0.2) is 8.78 Å². The SMILES string of the molecule is COc1ccccc1CN(C)c1nc(F)c(F)cc1F. The first-order valence-electron chi connectivity index (χ1n) is 5.87. The second kappa shape index (κ2) is 5.81. The van der Waals surface area contributed by atoms with Gasteiger partial charge >= 0.3 is 0 Å². The molecule has 0 atom stereocenters. The van der Waals surface area contributed by atoms with Crippen LogP contribution in [0.5, 0.6) is 5.75 Å². The minimum atomic E-state index is -1.33. The van der Waals surface area contributed by atoms with Gasteiger partial charge in [0.25, 0.3) is 5.95 Å². The molecule has 2 aromatic rings. The molecule has 106 valence electrons. The summed E-state index contributed by atoms with van der Waals surface area (Å²) < 4.78 is 44.8. The highest BCUT2D eigenvalue weighted by Crippen LogP contribution is 2.23. The summed E-state index contributed by atoms with van der Waals surface area (Å²) in [6.45, 7) is 0.249. The van der Waals surface area contributed by atoms with E-state index in [9.17, 15) is 13.2 Å². The molecule has 0 saturated carbocycles. The number of methoxy groups -OCH3 is 1. The Labute approximate surface area is 114 Å². The number of pyridine rings is 1. The minimum Gasteiger partial charge on any atom is -0.496 e. The first-order chi connectivity index (χ1) is 9.52. The standard InChI is InChI=1S/C14H13F3N2O/c1-19(8-9-5-3-4-6-12(9)20-2)14-11(16)7-10(15)13(17)18-14/h3-7H,8H2,1-2H3. The van der Waals surface area contributed by atoms with Gasteiger partial charge in [-0.2, -0.15) is 9.37 Å². The molecule has 0 aliphatic heterocycles. The molecule has 1 heterocycles. The molecule has 0 N–H and O–H groups in total. The topological polar surface area (TPSA) is 25.4 Å². The van der Waals surface area contributed by atoms with Crippen LogP contribution < -0.4 is 9.64 Å². The molecule has 1 aromatic carbocycles. The van der Waals surface area contributed by atoms with E-state index in [0.717, 1.165) is 5.56 Å². The van der Waals surface area contributed by atoms with Crippen LogP contribution in [0.3, 0.4) is 0 Å². The maximum atomic E-state index is 13.6. The molecule has 0 amide bonds. The van der Waals surface area contributed by atoms with Crippen LogP contribution in [0.15, 0.2) is 30.3 Å². The number of anilines is 1. The monoisotopic (exact) mass is 282 g/mol. The largest absolute Gasteiger partial charge is 0.496 e. The van der Waals surface area contributed by atoms with Gasteiger partial charge in [0.05, 0.1) is 7.11 Å². The average molecular weight is 282 g/mol. The maximum Gasteiger partial charge on any atom is 0.251 e. The number of aromatic nitrogens is 1. The van der Waals surface area contributed by atoms with E-state index >= 15 is 0 Å². The van der Waals surface area contributed by atoms with Crippen molar-refractivity contribution >= 4 is 5.82 Å². The lowest BCUT2D eigenvalue weighted by Crippen LogP contribution is -2.20. The average Bonchev–Trinajstić information content (AvgIpc) is 2.43. The van der Waals surface area contributed by atoms with E-state index in [0.29, 0.717) is 11.8 Å². The van der Waals surface area contributed by atoms with E-state index in [2.05, 4.69) is 4.98 Å². The lowest BCUT2D eigenvalue weighted by Gasteiger charge is -2.20. The number of para-hydroxylation sites is 1. The first-order valence-corrected chi connectivity index (χ1v) is 5.87. The van der Waals surface area contributed by atoms with Crippen molar-refractivity contribution in [3.05, 3.63) is 53.5 Å². The molecule has 0 bridgehead atoms. The van der Waals surface area contributed by atoms with Gasteiger partial charge in [-0.1, -0.05) is 18.2 Å². The van der Waals surface area contributed by atoms with Crippen LogP contribution in [0.25, 0.3) is 0 Å². The Bertz CT molecular complexity index is 619. The summed E-state index contributed by atoms with van der Waals surface area (Å²) in [5.74, 6) is -3.18. The molecular formula is C14H13F3N2O. The summed E-state index contributed by atoms with van der Waals surface area (Å²) in [7, 11) is 3.06. The molecule has 3 nitrogen and oxygen atoms in total. The third kappa shape index (κ3) is 2.84. The van der Waals surface area contributed by atoms with Crippen LogP contribution in [-0.4, -0.2) is 19.1 Å². The van der Waals surface area contributed by atoms with E-state index in [1.807, 2.05) is 0 Å². The third-order valence-electron chi connectivity index (χ3n) is 2.83. The van der Waals surface area contributed by atoms with E-state index in [-0.39, 0.29) is 12.4 Å². The third-order valence-corrected chi connectivity index (χ3v) is 2.83. The molecule has 0 unspecified atom stereocenters. The second-order valence-electron chi connectivity index (χ2n) is 4.23. The van der Waals surface area contributed by atoms with E-state index < -0.39 is 17.6 Å². The van der Waals surface area contributed by atoms with Gasteiger partial charge in [0, 0.05) is 25.2 Å². The van der Waals surface area contributed by atoms with Crippen LogP contribution in [0.1, 0.15) is 5.56 Å². The molecule has 0 radical (unpaired) electrons. The fraction of sp³-hybridized carbons (Fsp3) is 0.214. The van der Waals surface area contributed by atoms with Crippen LogP contribution in [0.2, 0.25) is 0 Å². The summed E-state index contributed by atoms with van der Waals surface area (Å²) in [5, 5.41) is 0. The number of benzene rings is 1. The van der Waals surface area contributed by atoms with Gasteiger partial charge in [-0.3, -0.25) is 0 Å². The number of nitrogens with zero attached hydrogens (tertiary/aromatic N) is 2. The van der Waals surface area contributed by atoms with Gasteiger partial charge in [0.15, 0.2) is 17.5 Å². The molecule has 6 heteroatoms. The Balaban J connectivity index is 2.28. The van der Waals surface area contributed by atoms with Crippen molar-refractivity contribution in [3.63, 3.8) is 0 Å². The number of hydrogen-bond acceptors (Lipinski definition) is 3. The van der Waals surface area contributed by atoms with Gasteiger partial charge in [-0.15, -0.1) is 0 Å². The van der Waals surface area contributed by atoms with Crippen molar-refractivity contribution in [1.82, 2.24) is 4.98 Å². The van der Waals surface area contributed by atoms with E-state index in [1.54, 1.807) is 24.3 Å². The van der Waals surface area contributed by atoms with Crippen molar-refractivity contribution in [2.24, 2.45) is 0 Å². The Hall–Kier alpha value is -2.24. The summed E-state index contributed by atoms with van der Waals surface area (Å²) >= 11 is 0. The van der Waals surface area contributed by atoms with Crippen LogP contribution in [0.4, 0.5) is 19.0 Å².